The van der Waals surface area contributed by atoms with Crippen LogP contribution in [0.3, 0.4) is 0 Å². The second-order valence-corrected chi connectivity index (χ2v) is 5.80. The smallest absolute Gasteiger partial charge is 0.306 e. The number of carboxylic acids is 1. The zero-order chi connectivity index (χ0) is 14.6. The molecule has 0 saturated heterocycles. The molecular weight excluding hydrogens is 250 g/mol. The lowest BCUT2D eigenvalue weighted by Crippen LogP contribution is -2.45. The van der Waals surface area contributed by atoms with Crippen molar-refractivity contribution < 1.29 is 19.7 Å². The van der Waals surface area contributed by atoms with Gasteiger partial charge in [-0.15, -0.1) is 5.01 Å². The van der Waals surface area contributed by atoms with Crippen molar-refractivity contribution in [2.24, 2.45) is 11.2 Å². The number of hydrogen-bond acceptors (Lipinski definition) is 4. The first-order valence-electron chi connectivity index (χ1n) is 6.60. The van der Waals surface area contributed by atoms with Crippen molar-refractivity contribution in [1.82, 2.24) is 5.01 Å². The largest absolute Gasteiger partial charge is 0.569 e. The van der Waals surface area contributed by atoms with Crippen LogP contribution in [-0.2, 0) is 9.63 Å². The molecule has 1 fully saturated rings. The fourth-order valence-corrected chi connectivity index (χ4v) is 2.26. The molecule has 1 N–H and O–H groups in total. The van der Waals surface area contributed by atoms with Crippen molar-refractivity contribution in [1.29, 1.82) is 0 Å². The molecule has 1 aliphatic carbocycles. The topological polar surface area (TPSA) is 88.2 Å². The van der Waals surface area contributed by atoms with Crippen molar-refractivity contribution in [2.75, 3.05) is 6.54 Å². The highest BCUT2D eigenvalue weighted by molar-refractivity contribution is 5.70. The highest BCUT2D eigenvalue weighted by Crippen LogP contribution is 2.28. The minimum Gasteiger partial charge on any atom is -0.569 e. The Labute approximate surface area is 113 Å². The monoisotopic (exact) mass is 273 g/mol. The summed E-state index contributed by atoms with van der Waals surface area (Å²) in [6.07, 6.45) is 1.33. The molecule has 1 saturated carbocycles. The fourth-order valence-electron chi connectivity index (χ4n) is 2.26. The van der Waals surface area contributed by atoms with Crippen LogP contribution in [0.1, 0.15) is 47.0 Å². The quantitative estimate of drug-likeness (QED) is 0.471. The van der Waals surface area contributed by atoms with Gasteiger partial charge in [0.25, 0.3) is 0 Å². The molecule has 0 aromatic rings. The average molecular weight is 273 g/mol. The molecule has 1 rings (SSSR count). The van der Waals surface area contributed by atoms with E-state index in [0.717, 1.165) is 0 Å². The summed E-state index contributed by atoms with van der Waals surface area (Å²) in [5.41, 5.74) is -0.345. The van der Waals surface area contributed by atoms with E-state index < -0.39 is 5.97 Å². The summed E-state index contributed by atoms with van der Waals surface area (Å²) < 4.78 is 0. The molecule has 0 aromatic carbocycles. The highest BCUT2D eigenvalue weighted by Gasteiger charge is 2.32. The predicted octanol–water partition coefficient (Wildman–Crippen LogP) is 2.17. The number of hydrazine groups is 1. The molecule has 7 nitrogen and oxygen atoms in total. The maximum Gasteiger partial charge on any atom is 0.306 e. The summed E-state index contributed by atoms with van der Waals surface area (Å²) in [5, 5.41) is 25.8. The van der Waals surface area contributed by atoms with E-state index in [-0.39, 0.29) is 17.6 Å². The maximum absolute atomic E-state index is 11.8. The molecule has 0 amide bonds. The van der Waals surface area contributed by atoms with Crippen LogP contribution in [0.4, 0.5) is 0 Å². The molecule has 0 aliphatic heterocycles. The van der Waals surface area contributed by atoms with Crippen LogP contribution in [0.2, 0.25) is 0 Å². The van der Waals surface area contributed by atoms with Gasteiger partial charge in [0.2, 0.25) is 5.28 Å². The van der Waals surface area contributed by atoms with E-state index in [0.29, 0.717) is 30.8 Å². The summed E-state index contributed by atoms with van der Waals surface area (Å²) in [4.78, 5) is 16.4. The minimum atomic E-state index is -0.810. The van der Waals surface area contributed by atoms with Crippen molar-refractivity contribution in [2.45, 2.75) is 58.6 Å². The number of rotatable bonds is 5. The first kappa shape index (κ1) is 15.5. The highest BCUT2D eigenvalue weighted by atomic mass is 16.7. The number of carbonyl (C=O) groups is 1. The number of aliphatic carboxylic acids is 1. The summed E-state index contributed by atoms with van der Waals surface area (Å²) in [5.74, 6) is -1.19. The standard InChI is InChI=1S/C12H23N3O4/c1-5-14(12(2,3)4)15(18)13-19-10-7-6-9(8-10)11(16)17/h9-10H,5-8H2,1-4H3,(H,16,17)/b15-13+/t9-,10+/m1/s1. The van der Waals surface area contributed by atoms with Gasteiger partial charge >= 0.3 is 5.97 Å². The van der Waals surface area contributed by atoms with Crippen LogP contribution < -0.4 is 0 Å². The Kier molecular flexibility index (Phi) is 4.97. The van der Waals surface area contributed by atoms with E-state index in [4.69, 9.17) is 9.94 Å². The SMILES string of the molecule is CCN(/[N+]([O-])=N\O[C@H]1CC[C@@H](C(=O)O)C1)C(C)(C)C. The van der Waals surface area contributed by atoms with Crippen LogP contribution in [0.25, 0.3) is 0 Å². The van der Waals surface area contributed by atoms with E-state index in [9.17, 15) is 10.0 Å². The van der Waals surface area contributed by atoms with Gasteiger partial charge in [-0.1, -0.05) is 0 Å². The zero-order valence-electron chi connectivity index (χ0n) is 12.0. The zero-order valence-corrected chi connectivity index (χ0v) is 12.0. The Morgan fingerprint density at radius 3 is 2.58 bits per heavy atom. The van der Waals surface area contributed by atoms with Gasteiger partial charge in [0, 0.05) is 6.42 Å². The van der Waals surface area contributed by atoms with Gasteiger partial charge in [-0.2, -0.15) is 0 Å². The van der Waals surface area contributed by atoms with E-state index in [2.05, 4.69) is 5.28 Å². The van der Waals surface area contributed by atoms with Gasteiger partial charge in [-0.05, 0) is 40.5 Å². The van der Waals surface area contributed by atoms with E-state index in [1.165, 1.54) is 5.01 Å². The fraction of sp³-hybridized carbons (Fsp3) is 0.917. The van der Waals surface area contributed by atoms with Crippen molar-refractivity contribution >= 4 is 5.97 Å². The Hall–Kier alpha value is -1.53. The normalized spacial score (nSPS) is 24.3. The third-order valence-electron chi connectivity index (χ3n) is 3.28. The number of carboxylic acid groups (broad SMARTS) is 1. The molecule has 7 heteroatoms. The average Bonchev–Trinajstić information content (AvgIpc) is 2.74. The third kappa shape index (κ3) is 4.25. The van der Waals surface area contributed by atoms with Crippen molar-refractivity contribution in [3.05, 3.63) is 5.21 Å². The molecule has 0 aromatic heterocycles. The summed E-state index contributed by atoms with van der Waals surface area (Å²) in [7, 11) is 0. The van der Waals surface area contributed by atoms with Crippen molar-refractivity contribution in [3.8, 4) is 0 Å². The molecule has 110 valence electrons. The van der Waals surface area contributed by atoms with Crippen LogP contribution in [0.15, 0.2) is 5.28 Å². The molecule has 0 radical (unpaired) electrons. The van der Waals surface area contributed by atoms with Gasteiger partial charge in [0.1, 0.15) is 6.10 Å². The first-order valence-corrected chi connectivity index (χ1v) is 6.60. The van der Waals surface area contributed by atoms with Crippen LogP contribution in [0.5, 0.6) is 0 Å². The van der Waals surface area contributed by atoms with Crippen LogP contribution >= 0.6 is 0 Å². The van der Waals surface area contributed by atoms with E-state index in [1.54, 1.807) is 0 Å². The van der Waals surface area contributed by atoms with Gasteiger partial charge < -0.3 is 15.2 Å². The molecule has 1 aliphatic rings. The third-order valence-corrected chi connectivity index (χ3v) is 3.28. The molecule has 0 spiro atoms. The molecular formula is C12H23N3O4. The van der Waals surface area contributed by atoms with Crippen molar-refractivity contribution in [3.63, 3.8) is 0 Å². The van der Waals surface area contributed by atoms with Gasteiger partial charge in [0.15, 0.2) is 0 Å². The second kappa shape index (κ2) is 6.08. The van der Waals surface area contributed by atoms with E-state index in [1.807, 2.05) is 27.7 Å². The van der Waals surface area contributed by atoms with Gasteiger partial charge in [-0.25, -0.2) is 0 Å². The molecule has 0 bridgehead atoms. The van der Waals surface area contributed by atoms with Crippen LogP contribution in [0, 0.1) is 11.1 Å². The maximum atomic E-state index is 11.8. The van der Waals surface area contributed by atoms with Crippen LogP contribution in [-0.4, -0.2) is 39.2 Å². The lowest BCUT2D eigenvalue weighted by Gasteiger charge is -2.29. The van der Waals surface area contributed by atoms with E-state index >= 15 is 0 Å². The Morgan fingerprint density at radius 2 is 2.16 bits per heavy atom. The molecule has 0 heterocycles. The first-order chi connectivity index (χ1) is 8.75. The Morgan fingerprint density at radius 1 is 1.53 bits per heavy atom. The minimum absolute atomic E-state index is 0.281. The summed E-state index contributed by atoms with van der Waals surface area (Å²) in [6.45, 7) is 8.11. The van der Waals surface area contributed by atoms with Gasteiger partial charge in [-0.3, -0.25) is 4.79 Å². The Balaban J connectivity index is 2.55. The second-order valence-electron chi connectivity index (χ2n) is 5.80. The lowest BCUT2D eigenvalue weighted by molar-refractivity contribution is -0.725. The molecule has 2 atom stereocenters. The summed E-state index contributed by atoms with van der Waals surface area (Å²) in [6, 6.07) is 0. The number of nitrogens with zero attached hydrogens (tertiary/aromatic N) is 3. The number of hydrogen-bond donors (Lipinski definition) is 1. The predicted molar refractivity (Wildman–Crippen MR) is 68.0 cm³/mol. The molecule has 0 unspecified atom stereocenters. The molecule has 19 heavy (non-hydrogen) atoms. The Bertz CT molecular complexity index is 351. The summed E-state index contributed by atoms with van der Waals surface area (Å²) >= 11 is 0. The van der Waals surface area contributed by atoms with Gasteiger partial charge in [0.05, 0.1) is 23.0 Å². The lowest BCUT2D eigenvalue weighted by atomic mass is 10.1.